The van der Waals surface area contributed by atoms with Crippen molar-refractivity contribution in [2.45, 2.75) is 38.8 Å². The van der Waals surface area contributed by atoms with Gasteiger partial charge in [-0.2, -0.15) is 0 Å². The summed E-state index contributed by atoms with van der Waals surface area (Å²) >= 11 is 0. The summed E-state index contributed by atoms with van der Waals surface area (Å²) in [6, 6.07) is 15.9. The third-order valence-electron chi connectivity index (χ3n) is 3.74. The minimum atomic E-state index is -1.15. The molecule has 2 rings (SSSR count). The van der Waals surface area contributed by atoms with Gasteiger partial charge in [0.25, 0.3) is 5.91 Å². The molecule has 2 aromatic rings. The minimum Gasteiger partial charge on any atom is -0.347 e. The lowest BCUT2D eigenvalue weighted by Gasteiger charge is -2.24. The van der Waals surface area contributed by atoms with Crippen molar-refractivity contribution in [3.63, 3.8) is 0 Å². The van der Waals surface area contributed by atoms with E-state index in [0.29, 0.717) is 11.3 Å². The molecular weight excluding hydrogens is 350 g/mol. The van der Waals surface area contributed by atoms with Crippen molar-refractivity contribution >= 4 is 29.9 Å². The van der Waals surface area contributed by atoms with Crippen LogP contribution in [0.4, 0.5) is 5.69 Å². The molecule has 0 spiro atoms. The van der Waals surface area contributed by atoms with Crippen LogP contribution in [-0.4, -0.2) is 17.4 Å². The van der Waals surface area contributed by atoms with Gasteiger partial charge in [0.2, 0.25) is 5.91 Å². The third kappa shape index (κ3) is 5.58. The van der Waals surface area contributed by atoms with Crippen LogP contribution in [0.3, 0.4) is 0 Å². The molecular formula is C20H26ClN3O2. The van der Waals surface area contributed by atoms with Gasteiger partial charge in [-0.05, 0) is 57.5 Å². The van der Waals surface area contributed by atoms with Crippen LogP contribution in [0.1, 0.15) is 43.6 Å². The fourth-order valence-electron chi connectivity index (χ4n) is 2.29. The van der Waals surface area contributed by atoms with Gasteiger partial charge in [0.15, 0.2) is 0 Å². The maximum atomic E-state index is 12.5. The van der Waals surface area contributed by atoms with E-state index < -0.39 is 5.54 Å². The fraction of sp³-hybridized carbons (Fsp3) is 0.300. The number of nitrogens with two attached hydrogens (primary N) is 1. The summed E-state index contributed by atoms with van der Waals surface area (Å²) in [6.45, 7) is 7.43. The zero-order chi connectivity index (χ0) is 18.7. The smallest absolute Gasteiger partial charge is 0.251 e. The maximum absolute atomic E-state index is 12.5. The zero-order valence-corrected chi connectivity index (χ0v) is 16.3. The predicted molar refractivity (Wildman–Crippen MR) is 108 cm³/mol. The van der Waals surface area contributed by atoms with Crippen LogP contribution in [0, 0.1) is 0 Å². The van der Waals surface area contributed by atoms with E-state index in [4.69, 9.17) is 5.73 Å². The van der Waals surface area contributed by atoms with Crippen molar-refractivity contribution in [2.24, 2.45) is 5.73 Å². The molecule has 26 heavy (non-hydrogen) atoms. The van der Waals surface area contributed by atoms with Crippen molar-refractivity contribution in [1.82, 2.24) is 5.32 Å². The van der Waals surface area contributed by atoms with Crippen LogP contribution in [0.15, 0.2) is 54.6 Å². The normalized spacial score (nSPS) is 13.1. The summed E-state index contributed by atoms with van der Waals surface area (Å²) in [5.74, 6) is -0.469. The molecule has 0 heterocycles. The van der Waals surface area contributed by atoms with Crippen LogP contribution in [0.5, 0.6) is 0 Å². The second-order valence-corrected chi connectivity index (χ2v) is 7.30. The molecule has 0 radical (unpaired) electrons. The van der Waals surface area contributed by atoms with Crippen LogP contribution >= 0.6 is 12.4 Å². The number of hydrogen-bond donors (Lipinski definition) is 3. The monoisotopic (exact) mass is 375 g/mol. The molecule has 0 bridgehead atoms. The summed E-state index contributed by atoms with van der Waals surface area (Å²) in [4.78, 5) is 24.6. The number of rotatable bonds is 4. The number of nitrogens with one attached hydrogen (secondary N) is 2. The topological polar surface area (TPSA) is 84.2 Å². The Morgan fingerprint density at radius 3 is 1.92 bits per heavy atom. The first kappa shape index (κ1) is 21.7. The minimum absolute atomic E-state index is 0. The Morgan fingerprint density at radius 2 is 1.42 bits per heavy atom. The molecule has 0 aliphatic heterocycles. The summed E-state index contributed by atoms with van der Waals surface area (Å²) in [7, 11) is 0. The Morgan fingerprint density at radius 1 is 0.885 bits per heavy atom. The molecule has 2 aromatic carbocycles. The van der Waals surface area contributed by atoms with Gasteiger partial charge in [0.05, 0.1) is 0 Å². The molecule has 1 unspecified atom stereocenters. The second-order valence-electron chi connectivity index (χ2n) is 7.30. The van der Waals surface area contributed by atoms with Gasteiger partial charge >= 0.3 is 0 Å². The van der Waals surface area contributed by atoms with Crippen molar-refractivity contribution in [1.29, 1.82) is 0 Å². The van der Waals surface area contributed by atoms with E-state index in [9.17, 15) is 9.59 Å². The molecule has 0 aliphatic rings. The van der Waals surface area contributed by atoms with Crippen molar-refractivity contribution in [3.05, 3.63) is 65.7 Å². The molecule has 0 saturated heterocycles. The van der Waals surface area contributed by atoms with Crippen LogP contribution < -0.4 is 16.4 Å². The van der Waals surface area contributed by atoms with Crippen LogP contribution in [-0.2, 0) is 10.3 Å². The summed E-state index contributed by atoms with van der Waals surface area (Å²) in [5.41, 5.74) is 6.60. The van der Waals surface area contributed by atoms with Gasteiger partial charge in [0, 0.05) is 16.8 Å². The highest BCUT2D eigenvalue weighted by atomic mass is 35.5. The first-order chi connectivity index (χ1) is 11.6. The lowest BCUT2D eigenvalue weighted by molar-refractivity contribution is -0.120. The molecule has 5 nitrogen and oxygen atoms in total. The van der Waals surface area contributed by atoms with E-state index >= 15 is 0 Å². The SMILES string of the molecule is CC(C)(C)NC(=O)c1ccc(NC(=O)C(C)(N)c2ccccc2)cc1.Cl. The number of halogens is 1. The van der Waals surface area contributed by atoms with E-state index in [-0.39, 0.29) is 29.8 Å². The molecule has 2 amide bonds. The highest BCUT2D eigenvalue weighted by molar-refractivity contribution is 5.99. The third-order valence-corrected chi connectivity index (χ3v) is 3.74. The van der Waals surface area contributed by atoms with Gasteiger partial charge in [-0.3, -0.25) is 9.59 Å². The number of hydrogen-bond acceptors (Lipinski definition) is 3. The number of carbonyl (C=O) groups is 2. The van der Waals surface area contributed by atoms with E-state index in [1.807, 2.05) is 51.1 Å². The molecule has 0 fully saturated rings. The Hall–Kier alpha value is -2.37. The average Bonchev–Trinajstić information content (AvgIpc) is 2.54. The van der Waals surface area contributed by atoms with Crippen molar-refractivity contribution in [3.8, 4) is 0 Å². The summed E-state index contributed by atoms with van der Waals surface area (Å²) in [6.07, 6.45) is 0. The average molecular weight is 376 g/mol. The standard InChI is InChI=1S/C20H25N3O2.ClH/c1-19(2,3)23-17(24)14-10-12-16(13-11-14)22-18(25)20(4,21)15-8-6-5-7-9-15;/h5-13H,21H2,1-4H3,(H,22,25)(H,23,24);1H. The molecule has 0 aromatic heterocycles. The van der Waals surface area contributed by atoms with E-state index in [1.165, 1.54) is 0 Å². The first-order valence-electron chi connectivity index (χ1n) is 8.18. The van der Waals surface area contributed by atoms with E-state index in [1.54, 1.807) is 31.2 Å². The van der Waals surface area contributed by atoms with Crippen LogP contribution in [0.25, 0.3) is 0 Å². The highest BCUT2D eigenvalue weighted by Crippen LogP contribution is 2.20. The largest absolute Gasteiger partial charge is 0.347 e. The number of benzene rings is 2. The number of anilines is 1. The van der Waals surface area contributed by atoms with Crippen molar-refractivity contribution < 1.29 is 9.59 Å². The van der Waals surface area contributed by atoms with E-state index in [0.717, 1.165) is 5.56 Å². The first-order valence-corrected chi connectivity index (χ1v) is 8.18. The number of amides is 2. The number of carbonyl (C=O) groups excluding carboxylic acids is 2. The molecule has 0 aliphatic carbocycles. The molecule has 1 atom stereocenters. The van der Waals surface area contributed by atoms with Gasteiger partial charge in [0.1, 0.15) is 5.54 Å². The van der Waals surface area contributed by atoms with Crippen LogP contribution in [0.2, 0.25) is 0 Å². The molecule has 140 valence electrons. The van der Waals surface area contributed by atoms with Gasteiger partial charge in [-0.15, -0.1) is 12.4 Å². The Kier molecular flexibility index (Phi) is 6.95. The predicted octanol–water partition coefficient (Wildman–Crippen LogP) is 3.45. The fourth-order valence-corrected chi connectivity index (χ4v) is 2.29. The maximum Gasteiger partial charge on any atom is 0.251 e. The molecule has 0 saturated carbocycles. The zero-order valence-electron chi connectivity index (χ0n) is 15.5. The van der Waals surface area contributed by atoms with Gasteiger partial charge in [-0.1, -0.05) is 30.3 Å². The van der Waals surface area contributed by atoms with Gasteiger partial charge < -0.3 is 16.4 Å². The lowest BCUT2D eigenvalue weighted by Crippen LogP contribution is -2.45. The highest BCUT2D eigenvalue weighted by Gasteiger charge is 2.30. The summed E-state index contributed by atoms with van der Waals surface area (Å²) in [5, 5.41) is 5.69. The van der Waals surface area contributed by atoms with Gasteiger partial charge in [-0.25, -0.2) is 0 Å². The quantitative estimate of drug-likeness (QED) is 0.765. The Bertz CT molecular complexity index is 751. The Balaban J connectivity index is 0.00000338. The Labute approximate surface area is 160 Å². The lowest BCUT2D eigenvalue weighted by atomic mass is 9.92. The molecule has 4 N–H and O–H groups in total. The van der Waals surface area contributed by atoms with E-state index in [2.05, 4.69) is 10.6 Å². The van der Waals surface area contributed by atoms with Crippen molar-refractivity contribution in [2.75, 3.05) is 5.32 Å². The summed E-state index contributed by atoms with van der Waals surface area (Å²) < 4.78 is 0. The second kappa shape index (κ2) is 8.34. The molecule has 6 heteroatoms.